The molecule has 0 aliphatic carbocycles. The van der Waals surface area contributed by atoms with Crippen LogP contribution in [0.15, 0.2) is 41.5 Å². The average molecular weight is 348 g/mol. The number of benzene rings is 1. The maximum atomic E-state index is 11.7. The topological polar surface area (TPSA) is 106 Å². The molecule has 0 fully saturated rings. The molecule has 0 aliphatic heterocycles. The summed E-state index contributed by atoms with van der Waals surface area (Å²) in [6, 6.07) is 10.2. The van der Waals surface area contributed by atoms with Crippen LogP contribution >= 0.6 is 11.3 Å². The van der Waals surface area contributed by atoms with E-state index in [1.54, 1.807) is 6.07 Å². The van der Waals surface area contributed by atoms with Gasteiger partial charge in [0.05, 0.1) is 29.2 Å². The maximum absolute atomic E-state index is 11.7. The zero-order valence-electron chi connectivity index (χ0n) is 12.9. The molecule has 1 aromatic carbocycles. The number of nitrogens with one attached hydrogen (secondary N) is 2. The summed E-state index contributed by atoms with van der Waals surface area (Å²) in [5.74, 6) is 0.438. The number of thiophene rings is 1. The van der Waals surface area contributed by atoms with Crippen molar-refractivity contribution in [2.24, 2.45) is 5.10 Å². The Morgan fingerprint density at radius 1 is 1.33 bits per heavy atom. The van der Waals surface area contributed by atoms with Crippen LogP contribution in [0.2, 0.25) is 0 Å². The molecule has 0 radical (unpaired) electrons. The van der Waals surface area contributed by atoms with Crippen molar-refractivity contribution in [3.05, 3.63) is 51.4 Å². The quantitative estimate of drug-likeness (QED) is 0.433. The van der Waals surface area contributed by atoms with Crippen LogP contribution in [0.25, 0.3) is 0 Å². The van der Waals surface area contributed by atoms with E-state index in [1.807, 2.05) is 31.2 Å². The monoisotopic (exact) mass is 348 g/mol. The van der Waals surface area contributed by atoms with Gasteiger partial charge in [0.15, 0.2) is 0 Å². The summed E-state index contributed by atoms with van der Waals surface area (Å²) in [6.45, 7) is 2.56. The molecule has 1 heterocycles. The molecule has 0 spiro atoms. The minimum absolute atomic E-state index is 0.0277. The Hall–Kier alpha value is -2.94. The molecular weight excluding hydrogens is 332 g/mol. The molecule has 9 heteroatoms. The Labute approximate surface area is 142 Å². The van der Waals surface area contributed by atoms with Crippen molar-refractivity contribution in [2.75, 3.05) is 18.5 Å². The van der Waals surface area contributed by atoms with E-state index in [4.69, 9.17) is 4.74 Å². The number of rotatable bonds is 8. The van der Waals surface area contributed by atoms with Crippen LogP contribution in [0, 0.1) is 10.1 Å². The Kier molecular flexibility index (Phi) is 6.26. The molecule has 0 aliphatic rings. The predicted octanol–water partition coefficient (Wildman–Crippen LogP) is 2.62. The summed E-state index contributed by atoms with van der Waals surface area (Å²) >= 11 is 0.981. The molecule has 8 nitrogen and oxygen atoms in total. The third-order valence-electron chi connectivity index (χ3n) is 2.79. The number of amides is 1. The third kappa shape index (κ3) is 5.36. The van der Waals surface area contributed by atoms with Gasteiger partial charge in [0.2, 0.25) is 0 Å². The first-order valence-electron chi connectivity index (χ1n) is 7.11. The van der Waals surface area contributed by atoms with Crippen molar-refractivity contribution in [3.63, 3.8) is 0 Å². The van der Waals surface area contributed by atoms with Crippen LogP contribution in [-0.4, -0.2) is 30.2 Å². The highest BCUT2D eigenvalue weighted by Crippen LogP contribution is 2.22. The summed E-state index contributed by atoms with van der Waals surface area (Å²) in [6.07, 6.45) is 1.37. The lowest BCUT2D eigenvalue weighted by Crippen LogP contribution is -2.25. The van der Waals surface area contributed by atoms with Gasteiger partial charge >= 0.3 is 5.00 Å². The Morgan fingerprint density at radius 2 is 2.08 bits per heavy atom. The lowest BCUT2D eigenvalue weighted by molar-refractivity contribution is -0.380. The van der Waals surface area contributed by atoms with Crippen LogP contribution in [0.4, 0.5) is 10.7 Å². The first kappa shape index (κ1) is 17.4. The van der Waals surface area contributed by atoms with Crippen LogP contribution in [0.3, 0.4) is 0 Å². The van der Waals surface area contributed by atoms with Crippen LogP contribution in [0.5, 0.6) is 5.75 Å². The fourth-order valence-corrected chi connectivity index (χ4v) is 2.43. The highest BCUT2D eigenvalue weighted by atomic mass is 32.1. The molecule has 1 aromatic heterocycles. The number of carbonyl (C=O) groups is 1. The normalized spacial score (nSPS) is 10.5. The van der Waals surface area contributed by atoms with Crippen LogP contribution < -0.4 is 15.5 Å². The molecule has 0 saturated carbocycles. The van der Waals surface area contributed by atoms with E-state index in [0.717, 1.165) is 22.8 Å². The Balaban J connectivity index is 1.76. The molecule has 1 amide bonds. The van der Waals surface area contributed by atoms with Gasteiger partial charge < -0.3 is 10.1 Å². The second kappa shape index (κ2) is 8.63. The summed E-state index contributed by atoms with van der Waals surface area (Å²) < 4.78 is 5.33. The molecule has 2 rings (SSSR count). The molecule has 126 valence electrons. The van der Waals surface area contributed by atoms with Crippen molar-refractivity contribution in [3.8, 4) is 5.75 Å². The fourth-order valence-electron chi connectivity index (χ4n) is 1.74. The molecule has 2 aromatic rings. The number of nitro groups is 1. The van der Waals surface area contributed by atoms with Gasteiger partial charge in [0.1, 0.15) is 5.75 Å². The van der Waals surface area contributed by atoms with E-state index >= 15 is 0 Å². The lowest BCUT2D eigenvalue weighted by atomic mass is 10.3. The Bertz CT molecular complexity index is 727. The molecular formula is C15H16N4O4S. The number of ether oxygens (including phenoxy) is 1. The molecule has 0 bridgehead atoms. The maximum Gasteiger partial charge on any atom is 0.324 e. The van der Waals surface area contributed by atoms with Crippen LogP contribution in [0.1, 0.15) is 11.8 Å². The van der Waals surface area contributed by atoms with Crippen molar-refractivity contribution in [1.29, 1.82) is 0 Å². The van der Waals surface area contributed by atoms with E-state index in [-0.39, 0.29) is 17.5 Å². The second-order valence-electron chi connectivity index (χ2n) is 4.54. The SMILES string of the molecule is CCOc1ccc(NCC(=O)NN=Cc2ccc([N+](=O)[O-])s2)cc1. The zero-order valence-corrected chi connectivity index (χ0v) is 13.7. The van der Waals surface area contributed by atoms with E-state index in [2.05, 4.69) is 15.8 Å². The lowest BCUT2D eigenvalue weighted by Gasteiger charge is -2.07. The molecule has 0 atom stereocenters. The van der Waals surface area contributed by atoms with Crippen LogP contribution in [-0.2, 0) is 4.79 Å². The molecule has 0 unspecified atom stereocenters. The van der Waals surface area contributed by atoms with Crippen molar-refractivity contribution >= 4 is 34.1 Å². The largest absolute Gasteiger partial charge is 0.494 e. The van der Waals surface area contributed by atoms with Gasteiger partial charge in [0.25, 0.3) is 5.91 Å². The molecule has 2 N–H and O–H groups in total. The summed E-state index contributed by atoms with van der Waals surface area (Å²) in [5.41, 5.74) is 3.14. The average Bonchev–Trinajstić information content (AvgIpc) is 3.04. The van der Waals surface area contributed by atoms with Gasteiger partial charge in [-0.2, -0.15) is 5.10 Å². The van der Waals surface area contributed by atoms with E-state index < -0.39 is 4.92 Å². The highest BCUT2D eigenvalue weighted by molar-refractivity contribution is 7.16. The zero-order chi connectivity index (χ0) is 17.4. The predicted molar refractivity (Wildman–Crippen MR) is 92.8 cm³/mol. The summed E-state index contributed by atoms with van der Waals surface area (Å²) in [4.78, 5) is 22.3. The van der Waals surface area contributed by atoms with Gasteiger partial charge in [-0.25, -0.2) is 5.43 Å². The number of hydrogen-bond acceptors (Lipinski definition) is 7. The first-order valence-corrected chi connectivity index (χ1v) is 7.93. The number of carbonyl (C=O) groups excluding carboxylic acids is 1. The second-order valence-corrected chi connectivity index (χ2v) is 5.63. The van der Waals surface area contributed by atoms with E-state index in [1.165, 1.54) is 12.3 Å². The summed E-state index contributed by atoms with van der Waals surface area (Å²) in [5, 5.41) is 17.3. The van der Waals surface area contributed by atoms with Gasteiger partial charge in [-0.05, 0) is 37.3 Å². The van der Waals surface area contributed by atoms with Gasteiger partial charge in [-0.3, -0.25) is 14.9 Å². The minimum Gasteiger partial charge on any atom is -0.494 e. The van der Waals surface area contributed by atoms with Gasteiger partial charge in [0, 0.05) is 11.8 Å². The van der Waals surface area contributed by atoms with Crippen molar-refractivity contribution in [1.82, 2.24) is 5.43 Å². The smallest absolute Gasteiger partial charge is 0.324 e. The standard InChI is InChI=1S/C15H16N4O4S/c1-2-23-12-5-3-11(4-6-12)16-10-14(20)18-17-9-13-7-8-15(24-13)19(21)22/h3-9,16H,2,10H2,1H3,(H,18,20). The summed E-state index contributed by atoms with van der Waals surface area (Å²) in [7, 11) is 0. The van der Waals surface area contributed by atoms with Crippen molar-refractivity contribution < 1.29 is 14.5 Å². The van der Waals surface area contributed by atoms with Crippen molar-refractivity contribution in [2.45, 2.75) is 6.92 Å². The number of hydrogen-bond donors (Lipinski definition) is 2. The highest BCUT2D eigenvalue weighted by Gasteiger charge is 2.08. The van der Waals surface area contributed by atoms with E-state index in [0.29, 0.717) is 11.5 Å². The fraction of sp³-hybridized carbons (Fsp3) is 0.200. The third-order valence-corrected chi connectivity index (χ3v) is 3.76. The minimum atomic E-state index is -0.471. The number of anilines is 1. The van der Waals surface area contributed by atoms with E-state index in [9.17, 15) is 14.9 Å². The van der Waals surface area contributed by atoms with Gasteiger partial charge in [-0.1, -0.05) is 11.3 Å². The Morgan fingerprint density at radius 3 is 2.71 bits per heavy atom. The first-order chi connectivity index (χ1) is 11.6. The van der Waals surface area contributed by atoms with Gasteiger partial charge in [-0.15, -0.1) is 0 Å². The molecule has 0 saturated heterocycles. The number of nitrogens with zero attached hydrogens (tertiary/aromatic N) is 2. The molecule has 24 heavy (non-hydrogen) atoms. The number of hydrazone groups is 1.